The number of anilines is 1. The first-order valence-corrected chi connectivity index (χ1v) is 6.41. The molecule has 0 fully saturated rings. The van der Waals surface area contributed by atoms with E-state index < -0.39 is 0 Å². The highest BCUT2D eigenvalue weighted by Gasteiger charge is 2.07. The maximum atomic E-state index is 11.7. The Labute approximate surface area is 113 Å². The van der Waals surface area contributed by atoms with Crippen molar-refractivity contribution < 1.29 is 9.53 Å². The van der Waals surface area contributed by atoms with Gasteiger partial charge in [-0.15, -0.1) is 0 Å². The maximum absolute atomic E-state index is 11.7. The molecule has 3 heteroatoms. The van der Waals surface area contributed by atoms with Crippen molar-refractivity contribution in [2.45, 2.75) is 19.8 Å². The number of ether oxygens (including phenoxy) is 1. The number of hydrogen-bond acceptors (Lipinski definition) is 2. The Hall–Kier alpha value is -2.29. The van der Waals surface area contributed by atoms with Crippen LogP contribution in [0.2, 0.25) is 0 Å². The second kappa shape index (κ2) is 6.59. The van der Waals surface area contributed by atoms with Gasteiger partial charge >= 0.3 is 0 Å². The highest BCUT2D eigenvalue weighted by molar-refractivity contribution is 5.92. The van der Waals surface area contributed by atoms with Gasteiger partial charge in [-0.05, 0) is 30.7 Å². The molecule has 0 saturated carbocycles. The summed E-state index contributed by atoms with van der Waals surface area (Å²) in [6.07, 6.45) is 1.34. The Morgan fingerprint density at radius 3 is 2.47 bits per heavy atom. The molecule has 0 atom stereocenters. The third-order valence-electron chi connectivity index (χ3n) is 2.61. The Morgan fingerprint density at radius 2 is 1.74 bits per heavy atom. The lowest BCUT2D eigenvalue weighted by atomic mass is 10.2. The van der Waals surface area contributed by atoms with Gasteiger partial charge in [-0.2, -0.15) is 0 Å². The Balaban J connectivity index is 2.14. The minimum Gasteiger partial charge on any atom is -0.455 e. The molecule has 1 N–H and O–H groups in total. The molecule has 98 valence electrons. The van der Waals surface area contributed by atoms with Gasteiger partial charge in [0.05, 0.1) is 5.69 Å². The quantitative estimate of drug-likeness (QED) is 0.868. The minimum atomic E-state index is 0.00612. The summed E-state index contributed by atoms with van der Waals surface area (Å²) >= 11 is 0. The lowest BCUT2D eigenvalue weighted by molar-refractivity contribution is -0.116. The molecule has 0 aliphatic heterocycles. The third kappa shape index (κ3) is 3.85. The number of benzene rings is 2. The molecule has 19 heavy (non-hydrogen) atoms. The third-order valence-corrected chi connectivity index (χ3v) is 2.61. The number of para-hydroxylation sites is 3. The van der Waals surface area contributed by atoms with Crippen LogP contribution in [0.4, 0.5) is 5.69 Å². The lowest BCUT2D eigenvalue weighted by Crippen LogP contribution is -2.11. The fourth-order valence-corrected chi connectivity index (χ4v) is 1.71. The van der Waals surface area contributed by atoms with Gasteiger partial charge < -0.3 is 10.1 Å². The largest absolute Gasteiger partial charge is 0.455 e. The minimum absolute atomic E-state index is 0.00612. The highest BCUT2D eigenvalue weighted by atomic mass is 16.5. The molecule has 0 unspecified atom stereocenters. The van der Waals surface area contributed by atoms with Gasteiger partial charge in [0.1, 0.15) is 5.75 Å². The van der Waals surface area contributed by atoms with Crippen LogP contribution in [0.5, 0.6) is 11.5 Å². The number of amides is 1. The van der Waals surface area contributed by atoms with Crippen LogP contribution in [0.15, 0.2) is 54.6 Å². The van der Waals surface area contributed by atoms with E-state index in [2.05, 4.69) is 5.32 Å². The smallest absolute Gasteiger partial charge is 0.224 e. The molecule has 0 heterocycles. The summed E-state index contributed by atoms with van der Waals surface area (Å²) in [5.41, 5.74) is 0.699. The second-order valence-corrected chi connectivity index (χ2v) is 4.21. The van der Waals surface area contributed by atoms with Gasteiger partial charge in [-0.3, -0.25) is 4.79 Å². The zero-order valence-corrected chi connectivity index (χ0v) is 10.9. The van der Waals surface area contributed by atoms with E-state index in [-0.39, 0.29) is 5.91 Å². The summed E-state index contributed by atoms with van der Waals surface area (Å²) in [6.45, 7) is 1.98. The monoisotopic (exact) mass is 255 g/mol. The number of hydrogen-bond donors (Lipinski definition) is 1. The zero-order valence-electron chi connectivity index (χ0n) is 10.9. The molecule has 2 rings (SSSR count). The van der Waals surface area contributed by atoms with Crippen molar-refractivity contribution in [1.29, 1.82) is 0 Å². The van der Waals surface area contributed by atoms with E-state index >= 15 is 0 Å². The fraction of sp³-hybridized carbons (Fsp3) is 0.188. The van der Waals surface area contributed by atoms with E-state index in [1.807, 2.05) is 61.5 Å². The van der Waals surface area contributed by atoms with E-state index in [9.17, 15) is 4.79 Å². The molecule has 0 spiro atoms. The number of carbonyl (C=O) groups is 1. The van der Waals surface area contributed by atoms with Crippen molar-refractivity contribution in [3.63, 3.8) is 0 Å². The Bertz CT molecular complexity index is 537. The predicted molar refractivity (Wildman–Crippen MR) is 76.5 cm³/mol. The van der Waals surface area contributed by atoms with E-state index in [0.717, 1.165) is 12.2 Å². The Morgan fingerprint density at radius 1 is 1.05 bits per heavy atom. The average Bonchev–Trinajstić information content (AvgIpc) is 2.42. The normalized spacial score (nSPS) is 9.95. The summed E-state index contributed by atoms with van der Waals surface area (Å²) in [4.78, 5) is 11.7. The summed E-state index contributed by atoms with van der Waals surface area (Å²) in [7, 11) is 0. The van der Waals surface area contributed by atoms with Crippen LogP contribution in [-0.4, -0.2) is 5.91 Å². The first kappa shape index (κ1) is 13.1. The first-order valence-electron chi connectivity index (χ1n) is 6.41. The molecule has 0 bridgehead atoms. The molecular weight excluding hydrogens is 238 g/mol. The topological polar surface area (TPSA) is 38.3 Å². The van der Waals surface area contributed by atoms with E-state index in [0.29, 0.717) is 17.9 Å². The molecule has 3 nitrogen and oxygen atoms in total. The van der Waals surface area contributed by atoms with E-state index in [1.54, 1.807) is 0 Å². The summed E-state index contributed by atoms with van der Waals surface area (Å²) in [5.74, 6) is 1.41. The molecule has 1 amide bonds. The van der Waals surface area contributed by atoms with Crippen molar-refractivity contribution >= 4 is 11.6 Å². The van der Waals surface area contributed by atoms with Crippen LogP contribution >= 0.6 is 0 Å². The van der Waals surface area contributed by atoms with Gasteiger partial charge in [0.2, 0.25) is 5.91 Å². The van der Waals surface area contributed by atoms with Gasteiger partial charge in [0, 0.05) is 6.42 Å². The summed E-state index contributed by atoms with van der Waals surface area (Å²) in [6, 6.07) is 17.0. The lowest BCUT2D eigenvalue weighted by Gasteiger charge is -2.11. The van der Waals surface area contributed by atoms with Crippen molar-refractivity contribution in [2.24, 2.45) is 0 Å². The molecule has 2 aromatic rings. The van der Waals surface area contributed by atoms with Crippen LogP contribution < -0.4 is 10.1 Å². The molecular formula is C16H17NO2. The van der Waals surface area contributed by atoms with Crippen LogP contribution in [0.3, 0.4) is 0 Å². The highest BCUT2D eigenvalue weighted by Crippen LogP contribution is 2.29. The van der Waals surface area contributed by atoms with Gasteiger partial charge in [0.15, 0.2) is 5.75 Å². The fourth-order valence-electron chi connectivity index (χ4n) is 1.71. The van der Waals surface area contributed by atoms with Crippen molar-refractivity contribution in [3.8, 4) is 11.5 Å². The first-order chi connectivity index (χ1) is 9.29. The Kier molecular flexibility index (Phi) is 4.56. The standard InChI is InChI=1S/C16H17NO2/c1-2-8-16(18)17-14-11-6-7-12-15(14)19-13-9-4-3-5-10-13/h3-7,9-12H,2,8H2,1H3,(H,17,18). The van der Waals surface area contributed by atoms with Crippen molar-refractivity contribution in [3.05, 3.63) is 54.6 Å². The number of carbonyl (C=O) groups excluding carboxylic acids is 1. The summed E-state index contributed by atoms with van der Waals surface area (Å²) in [5, 5.41) is 2.87. The zero-order chi connectivity index (χ0) is 13.5. The molecule has 2 aromatic carbocycles. The molecule has 0 radical (unpaired) electrons. The van der Waals surface area contributed by atoms with Crippen LogP contribution in [0.25, 0.3) is 0 Å². The number of rotatable bonds is 5. The average molecular weight is 255 g/mol. The number of nitrogens with one attached hydrogen (secondary N) is 1. The maximum Gasteiger partial charge on any atom is 0.224 e. The van der Waals surface area contributed by atoms with Gasteiger partial charge in [-0.25, -0.2) is 0 Å². The molecule has 0 saturated heterocycles. The van der Waals surface area contributed by atoms with Crippen LogP contribution in [0, 0.1) is 0 Å². The van der Waals surface area contributed by atoms with Gasteiger partial charge in [-0.1, -0.05) is 37.3 Å². The SMILES string of the molecule is CCCC(=O)Nc1ccccc1Oc1ccccc1. The molecule has 0 aliphatic carbocycles. The van der Waals surface area contributed by atoms with Gasteiger partial charge in [0.25, 0.3) is 0 Å². The molecule has 0 aromatic heterocycles. The van der Waals surface area contributed by atoms with Crippen LogP contribution in [0.1, 0.15) is 19.8 Å². The molecule has 0 aliphatic rings. The summed E-state index contributed by atoms with van der Waals surface area (Å²) < 4.78 is 5.77. The van der Waals surface area contributed by atoms with E-state index in [1.165, 1.54) is 0 Å². The van der Waals surface area contributed by atoms with Crippen molar-refractivity contribution in [1.82, 2.24) is 0 Å². The second-order valence-electron chi connectivity index (χ2n) is 4.21. The van der Waals surface area contributed by atoms with E-state index in [4.69, 9.17) is 4.74 Å². The van der Waals surface area contributed by atoms with Crippen LogP contribution in [-0.2, 0) is 4.79 Å². The predicted octanol–water partition coefficient (Wildman–Crippen LogP) is 4.22. The van der Waals surface area contributed by atoms with Crippen molar-refractivity contribution in [2.75, 3.05) is 5.32 Å².